The van der Waals surface area contributed by atoms with Crippen molar-refractivity contribution in [1.29, 1.82) is 0 Å². The molecule has 0 radical (unpaired) electrons. The Bertz CT molecular complexity index is 869. The average Bonchev–Trinajstić information content (AvgIpc) is 3.08. The molecule has 6 rings (SSSR count). The van der Waals surface area contributed by atoms with Gasteiger partial charge < -0.3 is 14.5 Å². The van der Waals surface area contributed by atoms with Crippen molar-refractivity contribution in [1.82, 2.24) is 9.80 Å². The third-order valence-corrected chi connectivity index (χ3v) is 6.57. The summed E-state index contributed by atoms with van der Waals surface area (Å²) in [6.45, 7) is 4.00. The molecule has 4 nitrogen and oxygen atoms in total. The van der Waals surface area contributed by atoms with Crippen LogP contribution in [0, 0.1) is 5.82 Å². The van der Waals surface area contributed by atoms with Crippen molar-refractivity contribution in [3.8, 4) is 0 Å². The van der Waals surface area contributed by atoms with E-state index in [1.807, 2.05) is 17.0 Å². The number of ether oxygens (including phenoxy) is 1. The van der Waals surface area contributed by atoms with Gasteiger partial charge in [0.25, 0.3) is 5.91 Å². The van der Waals surface area contributed by atoms with Gasteiger partial charge in [0.05, 0.1) is 12.6 Å². The normalized spacial score (nSPS) is 29.2. The van der Waals surface area contributed by atoms with E-state index in [4.69, 9.17) is 4.74 Å². The van der Waals surface area contributed by atoms with E-state index < -0.39 is 5.60 Å². The van der Waals surface area contributed by atoms with Crippen LogP contribution in [0.1, 0.15) is 35.6 Å². The fourth-order valence-corrected chi connectivity index (χ4v) is 4.98. The molecular formula is C23H25FN2O2. The molecule has 2 aromatic rings. The highest BCUT2D eigenvalue weighted by molar-refractivity contribution is 5.86. The summed E-state index contributed by atoms with van der Waals surface area (Å²) in [7, 11) is 0. The third kappa shape index (κ3) is 2.93. The van der Waals surface area contributed by atoms with Gasteiger partial charge in [-0.3, -0.25) is 4.79 Å². The summed E-state index contributed by atoms with van der Waals surface area (Å²) in [6.07, 6.45) is 2.34. The molecule has 3 fully saturated rings. The maximum Gasteiger partial charge on any atom is 0.255 e. The summed E-state index contributed by atoms with van der Waals surface area (Å²) < 4.78 is 19.8. The first kappa shape index (κ1) is 17.8. The van der Waals surface area contributed by atoms with Crippen molar-refractivity contribution in [3.05, 3.63) is 71.0 Å². The first-order chi connectivity index (χ1) is 13.7. The monoisotopic (exact) mass is 380 g/mol. The molecule has 2 bridgehead atoms. The molecule has 3 saturated heterocycles. The van der Waals surface area contributed by atoms with Crippen molar-refractivity contribution in [3.63, 3.8) is 0 Å². The van der Waals surface area contributed by atoms with Gasteiger partial charge >= 0.3 is 0 Å². The molecule has 0 aromatic heterocycles. The Kier molecular flexibility index (Phi) is 4.44. The largest absolute Gasteiger partial charge is 0.364 e. The van der Waals surface area contributed by atoms with Gasteiger partial charge in [-0.05, 0) is 48.1 Å². The molecule has 0 N–H and O–H groups in total. The van der Waals surface area contributed by atoms with Crippen LogP contribution in [0.2, 0.25) is 0 Å². The molecule has 4 heterocycles. The van der Waals surface area contributed by atoms with Gasteiger partial charge in [0.1, 0.15) is 11.4 Å². The zero-order valence-corrected chi connectivity index (χ0v) is 15.9. The second kappa shape index (κ2) is 6.98. The molecule has 1 atom stereocenters. The lowest BCUT2D eigenvalue weighted by molar-refractivity contribution is -0.162. The second-order valence-corrected chi connectivity index (χ2v) is 8.09. The van der Waals surface area contributed by atoms with Crippen LogP contribution in [-0.4, -0.2) is 54.1 Å². The van der Waals surface area contributed by atoms with Gasteiger partial charge in [-0.15, -0.1) is 0 Å². The molecule has 4 aliphatic rings. The Morgan fingerprint density at radius 3 is 2.54 bits per heavy atom. The number of halogens is 1. The highest BCUT2D eigenvalue weighted by atomic mass is 19.1. The van der Waals surface area contributed by atoms with Gasteiger partial charge in [0, 0.05) is 26.2 Å². The van der Waals surface area contributed by atoms with Crippen LogP contribution in [0.3, 0.4) is 0 Å². The number of piperidine rings is 1. The third-order valence-electron chi connectivity index (χ3n) is 6.57. The van der Waals surface area contributed by atoms with Gasteiger partial charge in [-0.25, -0.2) is 4.39 Å². The van der Waals surface area contributed by atoms with Crippen LogP contribution < -0.4 is 0 Å². The SMILES string of the molecule is O=C(N1CCc2ccccc2[C@@H]1c1ccc(F)cc1)C12CCN(CCO1)CC2. The summed E-state index contributed by atoms with van der Waals surface area (Å²) in [5.41, 5.74) is 2.63. The number of amides is 1. The van der Waals surface area contributed by atoms with Crippen molar-refractivity contribution in [2.45, 2.75) is 30.9 Å². The van der Waals surface area contributed by atoms with Crippen molar-refractivity contribution < 1.29 is 13.9 Å². The molecule has 146 valence electrons. The minimum atomic E-state index is -0.711. The average molecular weight is 380 g/mol. The standard InChI is InChI=1S/C23H25FN2O2/c24-19-7-5-18(6-8-19)21-20-4-2-1-3-17(20)9-12-26(21)22(27)23-10-13-25(14-11-23)15-16-28-23/h1-8,21H,9-16H2/t21-/m0/s1. The zero-order valence-electron chi connectivity index (χ0n) is 15.9. The van der Waals surface area contributed by atoms with E-state index in [-0.39, 0.29) is 17.8 Å². The molecule has 0 spiro atoms. The minimum absolute atomic E-state index is 0.0953. The summed E-state index contributed by atoms with van der Waals surface area (Å²) >= 11 is 0. The van der Waals surface area contributed by atoms with Crippen LogP contribution in [0.4, 0.5) is 4.39 Å². The fourth-order valence-electron chi connectivity index (χ4n) is 4.98. The predicted molar refractivity (Wildman–Crippen MR) is 104 cm³/mol. The van der Waals surface area contributed by atoms with Crippen LogP contribution in [0.15, 0.2) is 48.5 Å². The molecule has 1 amide bonds. The second-order valence-electron chi connectivity index (χ2n) is 8.09. The summed E-state index contributed by atoms with van der Waals surface area (Å²) in [5, 5.41) is 0. The Morgan fingerprint density at radius 1 is 1.00 bits per heavy atom. The number of carbonyl (C=O) groups excluding carboxylic acids is 1. The van der Waals surface area contributed by atoms with E-state index in [9.17, 15) is 9.18 Å². The lowest BCUT2D eigenvalue weighted by atomic mass is 9.84. The topological polar surface area (TPSA) is 32.8 Å². The van der Waals surface area contributed by atoms with E-state index in [1.54, 1.807) is 12.1 Å². The van der Waals surface area contributed by atoms with E-state index in [0.29, 0.717) is 13.2 Å². The molecule has 5 heteroatoms. The Hall–Kier alpha value is -2.24. The van der Waals surface area contributed by atoms with Crippen LogP contribution in [-0.2, 0) is 16.0 Å². The summed E-state index contributed by atoms with van der Waals surface area (Å²) in [4.78, 5) is 18.2. The van der Waals surface area contributed by atoms with Gasteiger partial charge in [-0.2, -0.15) is 0 Å². The number of nitrogens with zero attached hydrogens (tertiary/aromatic N) is 2. The maximum atomic E-state index is 13.9. The first-order valence-corrected chi connectivity index (χ1v) is 10.2. The highest BCUT2D eigenvalue weighted by Crippen LogP contribution is 2.39. The van der Waals surface area contributed by atoms with Gasteiger partial charge in [0.2, 0.25) is 0 Å². The fraction of sp³-hybridized carbons (Fsp3) is 0.435. The van der Waals surface area contributed by atoms with E-state index in [2.05, 4.69) is 17.0 Å². The molecule has 2 aromatic carbocycles. The zero-order chi connectivity index (χ0) is 19.1. The number of fused-ring (bicyclic) bond motifs is 5. The maximum absolute atomic E-state index is 13.9. The number of rotatable bonds is 2. The molecule has 0 aliphatic carbocycles. The minimum Gasteiger partial charge on any atom is -0.364 e. The predicted octanol–water partition coefficient (Wildman–Crippen LogP) is 3.16. The van der Waals surface area contributed by atoms with Crippen molar-refractivity contribution in [2.24, 2.45) is 0 Å². The number of hydrogen-bond acceptors (Lipinski definition) is 3. The number of carbonyl (C=O) groups is 1. The summed E-state index contributed by atoms with van der Waals surface area (Å²) in [6, 6.07) is 14.7. The van der Waals surface area contributed by atoms with Crippen molar-refractivity contribution in [2.75, 3.05) is 32.8 Å². The van der Waals surface area contributed by atoms with Gasteiger partial charge in [-0.1, -0.05) is 36.4 Å². The first-order valence-electron chi connectivity index (χ1n) is 10.2. The smallest absolute Gasteiger partial charge is 0.255 e. The van der Waals surface area contributed by atoms with Crippen LogP contribution >= 0.6 is 0 Å². The Labute approximate surface area is 164 Å². The van der Waals surface area contributed by atoms with E-state index in [0.717, 1.165) is 50.0 Å². The summed E-state index contributed by atoms with van der Waals surface area (Å²) in [5.74, 6) is -0.165. The van der Waals surface area contributed by atoms with E-state index in [1.165, 1.54) is 17.7 Å². The molecule has 0 unspecified atom stereocenters. The van der Waals surface area contributed by atoms with Gasteiger partial charge in [0.15, 0.2) is 0 Å². The lowest BCUT2D eigenvalue weighted by Crippen LogP contribution is -2.56. The molecule has 4 aliphatic heterocycles. The Balaban J connectivity index is 1.55. The lowest BCUT2D eigenvalue weighted by Gasteiger charge is -2.44. The molecule has 28 heavy (non-hydrogen) atoms. The molecule has 0 saturated carbocycles. The Morgan fingerprint density at radius 2 is 1.75 bits per heavy atom. The number of hydrogen-bond donors (Lipinski definition) is 0. The van der Waals surface area contributed by atoms with E-state index >= 15 is 0 Å². The van der Waals surface area contributed by atoms with Crippen molar-refractivity contribution >= 4 is 5.91 Å². The number of benzene rings is 2. The quantitative estimate of drug-likeness (QED) is 0.802. The van der Waals surface area contributed by atoms with Crippen LogP contribution in [0.25, 0.3) is 0 Å². The molecular weight excluding hydrogens is 355 g/mol. The van der Waals surface area contributed by atoms with Crippen LogP contribution in [0.5, 0.6) is 0 Å². The highest BCUT2D eigenvalue weighted by Gasteiger charge is 2.48.